The topological polar surface area (TPSA) is 92.9 Å². The van der Waals surface area contributed by atoms with Crippen LogP contribution in [0.15, 0.2) is 54.7 Å². The molecule has 0 atom stereocenters. The van der Waals surface area contributed by atoms with Crippen LogP contribution in [0.25, 0.3) is 10.9 Å². The Morgan fingerprint density at radius 3 is 2.64 bits per heavy atom. The van der Waals surface area contributed by atoms with Crippen molar-refractivity contribution < 1.29 is 4.79 Å². The van der Waals surface area contributed by atoms with Crippen LogP contribution in [0.2, 0.25) is 0 Å². The molecule has 6 heteroatoms. The fraction of sp³-hybridized carbons (Fsp3) is 0.318. The van der Waals surface area contributed by atoms with Crippen LogP contribution in [0.5, 0.6) is 0 Å². The van der Waals surface area contributed by atoms with Gasteiger partial charge in [-0.05, 0) is 43.4 Å². The molecule has 0 aliphatic heterocycles. The molecule has 0 saturated heterocycles. The van der Waals surface area contributed by atoms with Crippen molar-refractivity contribution >= 4 is 22.8 Å². The molecule has 1 aliphatic rings. The monoisotopic (exact) mass is 375 g/mol. The number of hydrogen-bond donors (Lipinski definition) is 3. The van der Waals surface area contributed by atoms with Gasteiger partial charge in [-0.15, -0.1) is 0 Å². The summed E-state index contributed by atoms with van der Waals surface area (Å²) in [7, 11) is 0. The van der Waals surface area contributed by atoms with E-state index in [0.717, 1.165) is 42.1 Å². The van der Waals surface area contributed by atoms with Crippen LogP contribution in [0.4, 0.5) is 5.95 Å². The Kier molecular flexibility index (Phi) is 5.48. The van der Waals surface area contributed by atoms with Gasteiger partial charge in [0.15, 0.2) is 0 Å². The van der Waals surface area contributed by atoms with Gasteiger partial charge in [0, 0.05) is 35.8 Å². The zero-order valence-electron chi connectivity index (χ0n) is 15.8. The van der Waals surface area contributed by atoms with Crippen molar-refractivity contribution in [2.75, 3.05) is 5.32 Å². The van der Waals surface area contributed by atoms with Gasteiger partial charge >= 0.3 is 0 Å². The number of aromatic nitrogens is 2. The van der Waals surface area contributed by atoms with Crippen LogP contribution in [0.3, 0.4) is 0 Å². The minimum absolute atomic E-state index is 0.111. The number of benzene rings is 2. The van der Waals surface area contributed by atoms with Gasteiger partial charge in [-0.25, -0.2) is 9.97 Å². The molecule has 3 aromatic rings. The lowest BCUT2D eigenvalue weighted by Gasteiger charge is -2.26. The van der Waals surface area contributed by atoms with Gasteiger partial charge in [0.25, 0.3) is 5.91 Å². The SMILES string of the molecule is N[C@H]1CC[C@H](Nc2ncc3ccc(C(=O)NCc4ccccc4)cc3n2)CC1. The first kappa shape index (κ1) is 18.4. The van der Waals surface area contributed by atoms with Gasteiger partial charge in [-0.1, -0.05) is 36.4 Å². The van der Waals surface area contributed by atoms with Gasteiger partial charge < -0.3 is 16.4 Å². The Morgan fingerprint density at radius 1 is 1.07 bits per heavy atom. The fourth-order valence-corrected chi connectivity index (χ4v) is 3.56. The number of nitrogens with zero attached hydrogens (tertiary/aromatic N) is 2. The Labute approximate surface area is 164 Å². The Morgan fingerprint density at radius 2 is 1.86 bits per heavy atom. The molecular weight excluding hydrogens is 350 g/mol. The maximum absolute atomic E-state index is 12.5. The van der Waals surface area contributed by atoms with Gasteiger partial charge in [-0.3, -0.25) is 4.79 Å². The van der Waals surface area contributed by atoms with Crippen LogP contribution in [0.1, 0.15) is 41.6 Å². The van der Waals surface area contributed by atoms with E-state index in [1.807, 2.05) is 48.5 Å². The molecule has 6 nitrogen and oxygen atoms in total. The van der Waals surface area contributed by atoms with Crippen LogP contribution < -0.4 is 16.4 Å². The molecule has 0 bridgehead atoms. The lowest BCUT2D eigenvalue weighted by atomic mass is 9.92. The van der Waals surface area contributed by atoms with Gasteiger partial charge in [0.2, 0.25) is 5.95 Å². The first-order valence-electron chi connectivity index (χ1n) is 9.78. The van der Waals surface area contributed by atoms with E-state index in [-0.39, 0.29) is 5.91 Å². The van der Waals surface area contributed by atoms with E-state index in [0.29, 0.717) is 30.1 Å². The number of hydrogen-bond acceptors (Lipinski definition) is 5. The fourth-order valence-electron chi connectivity index (χ4n) is 3.56. The largest absolute Gasteiger partial charge is 0.351 e. The van der Waals surface area contributed by atoms with Crippen molar-refractivity contribution in [1.82, 2.24) is 15.3 Å². The van der Waals surface area contributed by atoms with E-state index in [4.69, 9.17) is 5.73 Å². The summed E-state index contributed by atoms with van der Waals surface area (Å²) in [6, 6.07) is 16.0. The smallest absolute Gasteiger partial charge is 0.251 e. The summed E-state index contributed by atoms with van der Waals surface area (Å²) in [5, 5.41) is 7.28. The lowest BCUT2D eigenvalue weighted by Crippen LogP contribution is -2.33. The second-order valence-electron chi connectivity index (χ2n) is 7.39. The normalized spacial score (nSPS) is 19.3. The van der Waals surface area contributed by atoms with Crippen molar-refractivity contribution in [3.8, 4) is 0 Å². The molecule has 0 radical (unpaired) electrons. The minimum Gasteiger partial charge on any atom is -0.351 e. The van der Waals surface area contributed by atoms with Crippen LogP contribution in [-0.2, 0) is 6.54 Å². The summed E-state index contributed by atoms with van der Waals surface area (Å²) in [4.78, 5) is 21.5. The average molecular weight is 375 g/mol. The van der Waals surface area contributed by atoms with Crippen molar-refractivity contribution in [2.45, 2.75) is 44.3 Å². The number of nitrogens with two attached hydrogens (primary N) is 1. The summed E-state index contributed by atoms with van der Waals surface area (Å²) in [6.07, 6.45) is 5.91. The first-order valence-corrected chi connectivity index (χ1v) is 9.78. The second kappa shape index (κ2) is 8.35. The second-order valence-corrected chi connectivity index (χ2v) is 7.39. The third-order valence-corrected chi connectivity index (χ3v) is 5.25. The Hall–Kier alpha value is -2.99. The molecule has 1 saturated carbocycles. The number of fused-ring (bicyclic) bond motifs is 1. The standard InChI is InChI=1S/C22H25N5O/c23-18-8-10-19(11-9-18)26-22-25-14-17-7-6-16(12-20(17)27-22)21(28)24-13-15-4-2-1-3-5-15/h1-7,12,14,18-19H,8-11,13,23H2,(H,24,28)(H,25,26,27)/t18-,19-. The zero-order valence-corrected chi connectivity index (χ0v) is 15.8. The molecule has 4 N–H and O–H groups in total. The number of anilines is 1. The van der Waals surface area contributed by atoms with Gasteiger partial charge in [-0.2, -0.15) is 0 Å². The summed E-state index contributed by atoms with van der Waals surface area (Å²) in [6.45, 7) is 0.498. The highest BCUT2D eigenvalue weighted by Gasteiger charge is 2.19. The number of nitrogens with one attached hydrogen (secondary N) is 2. The number of carbonyl (C=O) groups is 1. The molecule has 2 aromatic carbocycles. The molecule has 144 valence electrons. The minimum atomic E-state index is -0.111. The first-order chi connectivity index (χ1) is 13.7. The molecule has 4 rings (SSSR count). The van der Waals surface area contributed by atoms with Crippen LogP contribution in [0, 0.1) is 0 Å². The van der Waals surface area contributed by atoms with E-state index in [1.54, 1.807) is 6.20 Å². The van der Waals surface area contributed by atoms with Gasteiger partial charge in [0.05, 0.1) is 5.52 Å². The molecule has 1 aromatic heterocycles. The van der Waals surface area contributed by atoms with Crippen LogP contribution in [-0.4, -0.2) is 28.0 Å². The highest BCUT2D eigenvalue weighted by atomic mass is 16.1. The molecule has 1 aliphatic carbocycles. The summed E-state index contributed by atoms with van der Waals surface area (Å²) in [5.41, 5.74) is 8.40. The molecular formula is C22H25N5O. The highest BCUT2D eigenvalue weighted by molar-refractivity contribution is 5.97. The van der Waals surface area contributed by atoms with Crippen molar-refractivity contribution in [3.63, 3.8) is 0 Å². The van der Waals surface area contributed by atoms with Crippen LogP contribution >= 0.6 is 0 Å². The van der Waals surface area contributed by atoms with Crippen molar-refractivity contribution in [1.29, 1.82) is 0 Å². The third kappa shape index (κ3) is 4.46. The molecule has 28 heavy (non-hydrogen) atoms. The zero-order chi connectivity index (χ0) is 19.3. The third-order valence-electron chi connectivity index (χ3n) is 5.25. The summed E-state index contributed by atoms with van der Waals surface area (Å²) in [5.74, 6) is 0.495. The number of carbonyl (C=O) groups excluding carboxylic acids is 1. The van der Waals surface area contributed by atoms with Crippen molar-refractivity contribution in [3.05, 3.63) is 65.9 Å². The van der Waals surface area contributed by atoms with E-state index >= 15 is 0 Å². The lowest BCUT2D eigenvalue weighted by molar-refractivity contribution is 0.0951. The van der Waals surface area contributed by atoms with Crippen molar-refractivity contribution in [2.24, 2.45) is 5.73 Å². The number of amides is 1. The molecule has 1 heterocycles. The molecule has 1 fully saturated rings. The molecule has 1 amide bonds. The maximum Gasteiger partial charge on any atom is 0.251 e. The highest BCUT2D eigenvalue weighted by Crippen LogP contribution is 2.21. The quantitative estimate of drug-likeness (QED) is 0.637. The number of rotatable bonds is 5. The summed E-state index contributed by atoms with van der Waals surface area (Å²) < 4.78 is 0. The predicted molar refractivity (Wildman–Crippen MR) is 111 cm³/mol. The maximum atomic E-state index is 12.5. The van der Waals surface area contributed by atoms with E-state index < -0.39 is 0 Å². The predicted octanol–water partition coefficient (Wildman–Crippen LogP) is 3.24. The van der Waals surface area contributed by atoms with E-state index in [9.17, 15) is 4.79 Å². The molecule has 0 unspecified atom stereocenters. The Bertz CT molecular complexity index is 952. The Balaban J connectivity index is 1.45. The molecule has 0 spiro atoms. The van der Waals surface area contributed by atoms with E-state index in [1.165, 1.54) is 0 Å². The van der Waals surface area contributed by atoms with E-state index in [2.05, 4.69) is 20.6 Å². The summed E-state index contributed by atoms with van der Waals surface area (Å²) >= 11 is 0. The van der Waals surface area contributed by atoms with Gasteiger partial charge in [0.1, 0.15) is 0 Å². The average Bonchev–Trinajstić information content (AvgIpc) is 2.74.